The van der Waals surface area contributed by atoms with Crippen molar-refractivity contribution in [2.24, 2.45) is 0 Å². The summed E-state index contributed by atoms with van der Waals surface area (Å²) in [5, 5.41) is 9.99. The van der Waals surface area contributed by atoms with E-state index in [2.05, 4.69) is 276 Å². The average Bonchev–Trinajstić information content (AvgIpc) is 3.75. The van der Waals surface area contributed by atoms with Crippen LogP contribution in [0.3, 0.4) is 0 Å². The molecule has 0 saturated carbocycles. The molecule has 2 heteroatoms. The molecular formula is C66H44N2. The standard InChI is InChI=1S/C66H44N2/c1-3-16-48(17-4-1)65-58-22-9-11-24-60(58)66(61-25-12-10-23-59(61)65)49-33-40-56(41-34-49)67(54-36-29-46(30-37-54)51-28-27-45-15-7-8-18-50(45)43-51)55-38-31-47(32-39-55)52-35-42-64-62(44-52)57-21-13-14-26-63(57)68(64)53-19-5-2-6-20-53/h1-44H. The van der Waals surface area contributed by atoms with E-state index < -0.39 is 0 Å². The van der Waals surface area contributed by atoms with Crippen molar-refractivity contribution in [3.8, 4) is 50.2 Å². The van der Waals surface area contributed by atoms with Gasteiger partial charge < -0.3 is 9.47 Å². The van der Waals surface area contributed by atoms with Gasteiger partial charge in [-0.15, -0.1) is 0 Å². The highest BCUT2D eigenvalue weighted by Gasteiger charge is 2.19. The van der Waals surface area contributed by atoms with Crippen LogP contribution in [0.2, 0.25) is 0 Å². The van der Waals surface area contributed by atoms with Crippen LogP contribution in [-0.4, -0.2) is 4.57 Å². The van der Waals surface area contributed by atoms with Crippen LogP contribution in [0, 0.1) is 0 Å². The molecule has 0 aliphatic rings. The molecule has 318 valence electrons. The van der Waals surface area contributed by atoms with Gasteiger partial charge in [0.1, 0.15) is 0 Å². The van der Waals surface area contributed by atoms with Crippen LogP contribution in [0.15, 0.2) is 267 Å². The largest absolute Gasteiger partial charge is 0.311 e. The van der Waals surface area contributed by atoms with E-state index in [9.17, 15) is 0 Å². The Bertz CT molecular complexity index is 3920. The van der Waals surface area contributed by atoms with E-state index in [1.54, 1.807) is 0 Å². The summed E-state index contributed by atoms with van der Waals surface area (Å²) in [7, 11) is 0. The highest BCUT2D eigenvalue weighted by molar-refractivity contribution is 6.21. The van der Waals surface area contributed by atoms with Gasteiger partial charge in [0.25, 0.3) is 0 Å². The minimum Gasteiger partial charge on any atom is -0.311 e. The first-order valence-electron chi connectivity index (χ1n) is 23.4. The SMILES string of the molecule is c1ccc(-c2c3ccccc3c(-c3ccc(N(c4ccc(-c5ccc6ccccc6c5)cc4)c4ccc(-c5ccc6c(c5)c5ccccc5n6-c5ccccc5)cc4)cc3)c3ccccc23)cc1. The second-order valence-electron chi connectivity index (χ2n) is 17.7. The van der Waals surface area contributed by atoms with E-state index in [1.807, 2.05) is 0 Å². The molecule has 0 atom stereocenters. The number of para-hydroxylation sites is 2. The van der Waals surface area contributed by atoms with E-state index in [0.29, 0.717) is 0 Å². The minimum absolute atomic E-state index is 1.09. The van der Waals surface area contributed by atoms with Gasteiger partial charge in [0.05, 0.1) is 11.0 Å². The molecule has 0 aliphatic heterocycles. The molecule has 2 nitrogen and oxygen atoms in total. The van der Waals surface area contributed by atoms with E-state index in [4.69, 9.17) is 0 Å². The van der Waals surface area contributed by atoms with Gasteiger partial charge in [-0.2, -0.15) is 0 Å². The fourth-order valence-corrected chi connectivity index (χ4v) is 10.6. The zero-order valence-corrected chi connectivity index (χ0v) is 37.3. The second kappa shape index (κ2) is 16.5. The van der Waals surface area contributed by atoms with Gasteiger partial charge in [-0.1, -0.05) is 194 Å². The Hall–Kier alpha value is -8.98. The molecule has 0 unspecified atom stereocenters. The van der Waals surface area contributed by atoms with Crippen molar-refractivity contribution in [1.82, 2.24) is 4.57 Å². The molecule has 1 aromatic heterocycles. The highest BCUT2D eigenvalue weighted by atomic mass is 15.1. The van der Waals surface area contributed by atoms with Gasteiger partial charge in [0, 0.05) is 33.5 Å². The topological polar surface area (TPSA) is 8.17 Å². The minimum atomic E-state index is 1.09. The number of hydrogen-bond acceptors (Lipinski definition) is 1. The van der Waals surface area contributed by atoms with Crippen molar-refractivity contribution in [2.75, 3.05) is 4.90 Å². The maximum Gasteiger partial charge on any atom is 0.0541 e. The third-order valence-electron chi connectivity index (χ3n) is 13.8. The summed E-state index contributed by atoms with van der Waals surface area (Å²) in [6.45, 7) is 0. The number of fused-ring (bicyclic) bond motifs is 6. The molecule has 13 rings (SSSR count). The Labute approximate surface area is 395 Å². The Kier molecular flexibility index (Phi) is 9.54. The second-order valence-corrected chi connectivity index (χ2v) is 17.7. The van der Waals surface area contributed by atoms with Crippen molar-refractivity contribution >= 4 is 71.2 Å². The lowest BCUT2D eigenvalue weighted by atomic mass is 9.86. The fourth-order valence-electron chi connectivity index (χ4n) is 10.6. The molecule has 0 bridgehead atoms. The van der Waals surface area contributed by atoms with Crippen LogP contribution in [0.25, 0.3) is 104 Å². The number of nitrogens with zero attached hydrogens (tertiary/aromatic N) is 2. The number of anilines is 3. The lowest BCUT2D eigenvalue weighted by Gasteiger charge is -2.26. The van der Waals surface area contributed by atoms with Crippen molar-refractivity contribution in [3.05, 3.63) is 267 Å². The van der Waals surface area contributed by atoms with Gasteiger partial charge >= 0.3 is 0 Å². The lowest BCUT2D eigenvalue weighted by molar-refractivity contribution is 1.18. The Morgan fingerprint density at radius 1 is 0.235 bits per heavy atom. The zero-order chi connectivity index (χ0) is 45.0. The van der Waals surface area contributed by atoms with Gasteiger partial charge in [-0.05, 0) is 150 Å². The predicted molar refractivity (Wildman–Crippen MR) is 290 cm³/mol. The van der Waals surface area contributed by atoms with Gasteiger partial charge in [-0.25, -0.2) is 0 Å². The molecule has 0 amide bonds. The molecule has 0 N–H and O–H groups in total. The van der Waals surface area contributed by atoms with Crippen LogP contribution in [0.4, 0.5) is 17.1 Å². The molecule has 0 fully saturated rings. The van der Waals surface area contributed by atoms with E-state index in [0.717, 1.165) is 22.7 Å². The predicted octanol–water partition coefficient (Wildman–Crippen LogP) is 18.4. The first kappa shape index (κ1) is 39.4. The maximum absolute atomic E-state index is 2.38. The number of rotatable bonds is 8. The summed E-state index contributed by atoms with van der Waals surface area (Å²) >= 11 is 0. The van der Waals surface area contributed by atoms with E-state index in [1.165, 1.54) is 98.6 Å². The van der Waals surface area contributed by atoms with E-state index in [-0.39, 0.29) is 0 Å². The normalized spacial score (nSPS) is 11.5. The third kappa shape index (κ3) is 6.73. The molecule has 0 spiro atoms. The maximum atomic E-state index is 2.38. The van der Waals surface area contributed by atoms with Crippen molar-refractivity contribution < 1.29 is 0 Å². The first-order chi connectivity index (χ1) is 33.7. The monoisotopic (exact) mass is 864 g/mol. The van der Waals surface area contributed by atoms with Gasteiger partial charge in [0.15, 0.2) is 0 Å². The molecule has 0 radical (unpaired) electrons. The molecule has 68 heavy (non-hydrogen) atoms. The van der Waals surface area contributed by atoms with Crippen LogP contribution in [0.1, 0.15) is 0 Å². The molecule has 0 saturated heterocycles. The van der Waals surface area contributed by atoms with Crippen molar-refractivity contribution in [2.45, 2.75) is 0 Å². The van der Waals surface area contributed by atoms with Crippen LogP contribution < -0.4 is 4.90 Å². The lowest BCUT2D eigenvalue weighted by Crippen LogP contribution is -2.09. The van der Waals surface area contributed by atoms with Crippen molar-refractivity contribution in [1.29, 1.82) is 0 Å². The summed E-state index contributed by atoms with van der Waals surface area (Å²) in [4.78, 5) is 2.38. The molecular weight excluding hydrogens is 821 g/mol. The number of aromatic nitrogens is 1. The molecule has 12 aromatic carbocycles. The van der Waals surface area contributed by atoms with Crippen molar-refractivity contribution in [3.63, 3.8) is 0 Å². The molecule has 13 aromatic rings. The first-order valence-corrected chi connectivity index (χ1v) is 23.4. The smallest absolute Gasteiger partial charge is 0.0541 e. The highest BCUT2D eigenvalue weighted by Crippen LogP contribution is 2.45. The zero-order valence-electron chi connectivity index (χ0n) is 37.3. The fraction of sp³-hybridized carbons (Fsp3) is 0. The van der Waals surface area contributed by atoms with Crippen LogP contribution >= 0.6 is 0 Å². The summed E-state index contributed by atoms with van der Waals surface area (Å²) in [5.74, 6) is 0. The number of benzene rings is 12. The van der Waals surface area contributed by atoms with Gasteiger partial charge in [0.2, 0.25) is 0 Å². The average molecular weight is 865 g/mol. The summed E-state index contributed by atoms with van der Waals surface area (Å²) in [6, 6.07) is 97.4. The molecule has 1 heterocycles. The quantitative estimate of drug-likeness (QED) is 0.138. The summed E-state index contributed by atoms with van der Waals surface area (Å²) in [5.41, 5.74) is 16.5. The molecule has 0 aliphatic carbocycles. The number of hydrogen-bond donors (Lipinski definition) is 0. The summed E-state index contributed by atoms with van der Waals surface area (Å²) in [6.07, 6.45) is 0. The Morgan fingerprint density at radius 2 is 0.632 bits per heavy atom. The Morgan fingerprint density at radius 3 is 1.21 bits per heavy atom. The van der Waals surface area contributed by atoms with E-state index >= 15 is 0 Å². The van der Waals surface area contributed by atoms with Crippen LogP contribution in [0.5, 0.6) is 0 Å². The third-order valence-corrected chi connectivity index (χ3v) is 13.8. The van der Waals surface area contributed by atoms with Gasteiger partial charge in [-0.3, -0.25) is 0 Å². The summed E-state index contributed by atoms with van der Waals surface area (Å²) < 4.78 is 2.37. The Balaban J connectivity index is 0.914. The van der Waals surface area contributed by atoms with Crippen LogP contribution in [-0.2, 0) is 0 Å².